The fraction of sp³-hybridized carbons (Fsp3) is 0.111. The highest BCUT2D eigenvalue weighted by atomic mass is 32.1. The van der Waals surface area contributed by atoms with Crippen LogP contribution in [0, 0.1) is 0 Å². The molecule has 7 heteroatoms. The van der Waals surface area contributed by atoms with Crippen LogP contribution in [0.15, 0.2) is 48.5 Å². The van der Waals surface area contributed by atoms with E-state index in [-0.39, 0.29) is 12.7 Å². The SMILES string of the molecule is CNc1nc(-c2ccccc2)c(C(=O)Nc2ccc3c(c2)OCO3)s1. The van der Waals surface area contributed by atoms with Gasteiger partial charge in [0.25, 0.3) is 5.91 Å². The van der Waals surface area contributed by atoms with Crippen molar-refractivity contribution in [1.82, 2.24) is 4.98 Å². The van der Waals surface area contributed by atoms with Gasteiger partial charge in [0.1, 0.15) is 4.88 Å². The van der Waals surface area contributed by atoms with E-state index in [4.69, 9.17) is 9.47 Å². The van der Waals surface area contributed by atoms with Gasteiger partial charge in [-0.3, -0.25) is 4.79 Å². The molecular formula is C18H15N3O3S. The molecule has 0 saturated heterocycles. The van der Waals surface area contributed by atoms with Crippen LogP contribution >= 0.6 is 11.3 Å². The van der Waals surface area contributed by atoms with E-state index in [9.17, 15) is 4.79 Å². The number of nitrogens with one attached hydrogen (secondary N) is 2. The summed E-state index contributed by atoms with van der Waals surface area (Å²) in [4.78, 5) is 17.9. The average molecular weight is 353 g/mol. The third-order valence-corrected chi connectivity index (χ3v) is 4.80. The zero-order valence-corrected chi connectivity index (χ0v) is 14.2. The number of amides is 1. The van der Waals surface area contributed by atoms with Gasteiger partial charge in [-0.25, -0.2) is 4.98 Å². The maximum atomic E-state index is 12.8. The molecule has 25 heavy (non-hydrogen) atoms. The number of rotatable bonds is 4. The van der Waals surface area contributed by atoms with Gasteiger partial charge in [0.05, 0.1) is 5.69 Å². The second-order valence-corrected chi connectivity index (χ2v) is 6.33. The highest BCUT2D eigenvalue weighted by Crippen LogP contribution is 2.35. The van der Waals surface area contributed by atoms with Crippen molar-refractivity contribution >= 4 is 28.1 Å². The lowest BCUT2D eigenvalue weighted by Crippen LogP contribution is -2.11. The molecule has 1 aromatic heterocycles. The molecule has 1 aliphatic rings. The van der Waals surface area contributed by atoms with Crippen LogP contribution in [0.5, 0.6) is 11.5 Å². The van der Waals surface area contributed by atoms with Crippen molar-refractivity contribution in [2.24, 2.45) is 0 Å². The number of ether oxygens (including phenoxy) is 2. The molecule has 2 N–H and O–H groups in total. The second-order valence-electron chi connectivity index (χ2n) is 5.33. The Morgan fingerprint density at radius 1 is 1.12 bits per heavy atom. The third kappa shape index (κ3) is 3.01. The predicted molar refractivity (Wildman–Crippen MR) is 97.6 cm³/mol. The number of fused-ring (bicyclic) bond motifs is 1. The van der Waals surface area contributed by atoms with Crippen molar-refractivity contribution in [1.29, 1.82) is 0 Å². The van der Waals surface area contributed by atoms with Gasteiger partial charge < -0.3 is 20.1 Å². The molecule has 4 rings (SSSR count). The van der Waals surface area contributed by atoms with Gasteiger partial charge in [0.15, 0.2) is 16.6 Å². The van der Waals surface area contributed by atoms with Crippen LogP contribution in [0.1, 0.15) is 9.67 Å². The van der Waals surface area contributed by atoms with Gasteiger partial charge in [-0.05, 0) is 12.1 Å². The van der Waals surface area contributed by atoms with Crippen LogP contribution in [-0.4, -0.2) is 24.7 Å². The molecule has 0 unspecified atom stereocenters. The molecule has 0 spiro atoms. The first-order valence-corrected chi connectivity index (χ1v) is 8.51. The zero-order valence-electron chi connectivity index (χ0n) is 13.4. The first-order valence-electron chi connectivity index (χ1n) is 7.69. The molecule has 1 aliphatic heterocycles. The highest BCUT2D eigenvalue weighted by molar-refractivity contribution is 7.18. The first kappa shape index (κ1) is 15.5. The molecule has 126 valence electrons. The number of benzene rings is 2. The largest absolute Gasteiger partial charge is 0.454 e. The number of anilines is 2. The molecule has 1 amide bonds. The quantitative estimate of drug-likeness (QED) is 0.746. The fourth-order valence-corrected chi connectivity index (χ4v) is 3.37. The Kier molecular flexibility index (Phi) is 3.99. The average Bonchev–Trinajstić information content (AvgIpc) is 3.28. The number of nitrogens with zero attached hydrogens (tertiary/aromatic N) is 1. The van der Waals surface area contributed by atoms with E-state index in [1.807, 2.05) is 30.3 Å². The molecule has 0 fully saturated rings. The van der Waals surface area contributed by atoms with Crippen molar-refractivity contribution in [2.45, 2.75) is 0 Å². The molecular weight excluding hydrogens is 338 g/mol. The van der Waals surface area contributed by atoms with Gasteiger partial charge >= 0.3 is 0 Å². The second kappa shape index (κ2) is 6.45. The minimum Gasteiger partial charge on any atom is -0.454 e. The van der Waals surface area contributed by atoms with Crippen LogP contribution in [0.4, 0.5) is 10.8 Å². The topological polar surface area (TPSA) is 72.5 Å². The Morgan fingerprint density at radius 2 is 1.92 bits per heavy atom. The van der Waals surface area contributed by atoms with Gasteiger partial charge in [-0.2, -0.15) is 0 Å². The molecule has 2 heterocycles. The van der Waals surface area contributed by atoms with E-state index in [1.165, 1.54) is 11.3 Å². The summed E-state index contributed by atoms with van der Waals surface area (Å²) < 4.78 is 10.6. The summed E-state index contributed by atoms with van der Waals surface area (Å²) in [6.07, 6.45) is 0. The number of hydrogen-bond donors (Lipinski definition) is 2. The van der Waals surface area contributed by atoms with E-state index >= 15 is 0 Å². The number of hydrogen-bond acceptors (Lipinski definition) is 6. The first-order chi connectivity index (χ1) is 12.2. The summed E-state index contributed by atoms with van der Waals surface area (Å²) in [5.41, 5.74) is 2.21. The predicted octanol–water partition coefficient (Wildman–Crippen LogP) is 3.83. The van der Waals surface area contributed by atoms with Crippen molar-refractivity contribution in [2.75, 3.05) is 24.5 Å². The molecule has 0 aliphatic carbocycles. The Morgan fingerprint density at radius 3 is 2.72 bits per heavy atom. The summed E-state index contributed by atoms with van der Waals surface area (Å²) in [6.45, 7) is 0.200. The van der Waals surface area contributed by atoms with Crippen molar-refractivity contribution in [3.63, 3.8) is 0 Å². The van der Waals surface area contributed by atoms with Crippen LogP contribution in [0.3, 0.4) is 0 Å². The van der Waals surface area contributed by atoms with E-state index < -0.39 is 0 Å². The zero-order chi connectivity index (χ0) is 17.2. The third-order valence-electron chi connectivity index (χ3n) is 3.72. The summed E-state index contributed by atoms with van der Waals surface area (Å²) in [5.74, 6) is 1.09. The number of aromatic nitrogens is 1. The standard InChI is InChI=1S/C18H15N3O3S/c1-19-18-21-15(11-5-3-2-4-6-11)16(25-18)17(22)20-12-7-8-13-14(9-12)24-10-23-13/h2-9H,10H2,1H3,(H,19,21)(H,20,22). The summed E-state index contributed by atoms with van der Waals surface area (Å²) in [5, 5.41) is 6.59. The normalized spacial score (nSPS) is 12.0. The molecule has 3 aromatic rings. The van der Waals surface area contributed by atoms with Crippen molar-refractivity contribution in [3.8, 4) is 22.8 Å². The minimum absolute atomic E-state index is 0.200. The lowest BCUT2D eigenvalue weighted by atomic mass is 10.1. The van der Waals surface area contributed by atoms with Crippen LogP contribution in [-0.2, 0) is 0 Å². The summed E-state index contributed by atoms with van der Waals surface area (Å²) >= 11 is 1.32. The molecule has 0 saturated carbocycles. The Balaban J connectivity index is 1.65. The van der Waals surface area contributed by atoms with Crippen molar-refractivity contribution in [3.05, 3.63) is 53.4 Å². The maximum absolute atomic E-state index is 12.8. The highest BCUT2D eigenvalue weighted by Gasteiger charge is 2.20. The fourth-order valence-electron chi connectivity index (χ4n) is 2.53. The molecule has 6 nitrogen and oxygen atoms in total. The van der Waals surface area contributed by atoms with Gasteiger partial charge in [-0.1, -0.05) is 41.7 Å². The van der Waals surface area contributed by atoms with Gasteiger partial charge in [-0.15, -0.1) is 0 Å². The van der Waals surface area contributed by atoms with Gasteiger partial charge in [0, 0.05) is 24.4 Å². The summed E-state index contributed by atoms with van der Waals surface area (Å²) in [6, 6.07) is 15.0. The van der Waals surface area contributed by atoms with Gasteiger partial charge in [0.2, 0.25) is 6.79 Å². The molecule has 0 bridgehead atoms. The van der Waals surface area contributed by atoms with Crippen LogP contribution in [0.2, 0.25) is 0 Å². The van der Waals surface area contributed by atoms with Crippen molar-refractivity contribution < 1.29 is 14.3 Å². The maximum Gasteiger partial charge on any atom is 0.268 e. The smallest absolute Gasteiger partial charge is 0.268 e. The Hall–Kier alpha value is -3.06. The summed E-state index contributed by atoms with van der Waals surface area (Å²) in [7, 11) is 1.78. The Bertz CT molecular complexity index is 925. The van der Waals surface area contributed by atoms with E-state index in [0.29, 0.717) is 32.9 Å². The van der Waals surface area contributed by atoms with Crippen LogP contribution in [0.25, 0.3) is 11.3 Å². The lowest BCUT2D eigenvalue weighted by molar-refractivity contribution is 0.103. The van der Waals surface area contributed by atoms with E-state index in [2.05, 4.69) is 15.6 Å². The molecule has 2 aromatic carbocycles. The lowest BCUT2D eigenvalue weighted by Gasteiger charge is -2.06. The van der Waals surface area contributed by atoms with E-state index in [0.717, 1.165) is 5.56 Å². The number of carbonyl (C=O) groups is 1. The minimum atomic E-state index is -0.211. The monoisotopic (exact) mass is 353 g/mol. The Labute approximate surface area is 148 Å². The van der Waals surface area contributed by atoms with Crippen LogP contribution < -0.4 is 20.1 Å². The molecule has 0 radical (unpaired) electrons. The van der Waals surface area contributed by atoms with E-state index in [1.54, 1.807) is 25.2 Å². The number of thiazole rings is 1. The molecule has 0 atom stereocenters. The number of carbonyl (C=O) groups excluding carboxylic acids is 1.